The van der Waals surface area contributed by atoms with Crippen LogP contribution in [0.1, 0.15) is 29.3 Å². The Kier molecular flexibility index (Phi) is 4.10. The fraction of sp³-hybridized carbons (Fsp3) is 0.429. The number of amides is 2. The van der Waals surface area contributed by atoms with Crippen LogP contribution < -0.4 is 5.32 Å². The maximum Gasteiger partial charge on any atom is 0.254 e. The lowest BCUT2D eigenvalue weighted by atomic mass is 10.0. The van der Waals surface area contributed by atoms with Crippen molar-refractivity contribution in [3.63, 3.8) is 0 Å². The highest BCUT2D eigenvalue weighted by Gasteiger charge is 2.32. The molecule has 1 aromatic carbocycles. The van der Waals surface area contributed by atoms with Crippen LogP contribution in [0.4, 0.5) is 0 Å². The van der Waals surface area contributed by atoms with Crippen molar-refractivity contribution in [2.45, 2.75) is 26.3 Å². The SMILES string of the molecule is CCC1C(=O)NCCN1C(=O)c1cccc(Cl)c1C. The van der Waals surface area contributed by atoms with Gasteiger partial charge >= 0.3 is 0 Å². The molecule has 19 heavy (non-hydrogen) atoms. The first-order chi connectivity index (χ1) is 9.06. The number of hydrogen-bond acceptors (Lipinski definition) is 2. The first-order valence-corrected chi connectivity index (χ1v) is 6.77. The molecule has 0 spiro atoms. The quantitative estimate of drug-likeness (QED) is 0.901. The zero-order valence-electron chi connectivity index (χ0n) is 11.1. The normalized spacial score (nSPS) is 19.2. The molecule has 1 N–H and O–H groups in total. The second kappa shape index (κ2) is 5.61. The van der Waals surface area contributed by atoms with Gasteiger partial charge in [0.15, 0.2) is 0 Å². The van der Waals surface area contributed by atoms with Gasteiger partial charge in [-0.15, -0.1) is 0 Å². The molecule has 1 aliphatic rings. The molecule has 0 aromatic heterocycles. The number of nitrogens with one attached hydrogen (secondary N) is 1. The van der Waals surface area contributed by atoms with E-state index in [9.17, 15) is 9.59 Å². The van der Waals surface area contributed by atoms with Crippen LogP contribution in [0.25, 0.3) is 0 Å². The molecule has 2 amide bonds. The van der Waals surface area contributed by atoms with Crippen molar-refractivity contribution in [1.29, 1.82) is 0 Å². The van der Waals surface area contributed by atoms with Gasteiger partial charge in [0, 0.05) is 23.7 Å². The third-order valence-electron chi connectivity index (χ3n) is 3.48. The van der Waals surface area contributed by atoms with E-state index in [0.29, 0.717) is 30.1 Å². The van der Waals surface area contributed by atoms with E-state index in [0.717, 1.165) is 5.56 Å². The summed E-state index contributed by atoms with van der Waals surface area (Å²) in [6.07, 6.45) is 0.608. The molecule has 0 bridgehead atoms. The van der Waals surface area contributed by atoms with Crippen molar-refractivity contribution in [1.82, 2.24) is 10.2 Å². The molecule has 1 heterocycles. The van der Waals surface area contributed by atoms with Gasteiger partial charge in [0.2, 0.25) is 5.91 Å². The number of benzene rings is 1. The predicted molar refractivity (Wildman–Crippen MR) is 74.3 cm³/mol. The highest BCUT2D eigenvalue weighted by atomic mass is 35.5. The summed E-state index contributed by atoms with van der Waals surface area (Å²) in [5.41, 5.74) is 1.33. The van der Waals surface area contributed by atoms with E-state index in [1.807, 2.05) is 13.8 Å². The van der Waals surface area contributed by atoms with Crippen LogP contribution in [0.2, 0.25) is 5.02 Å². The molecule has 0 radical (unpaired) electrons. The molecule has 5 heteroatoms. The van der Waals surface area contributed by atoms with Gasteiger partial charge in [-0.25, -0.2) is 0 Å². The summed E-state index contributed by atoms with van der Waals surface area (Å²) in [6.45, 7) is 4.76. The van der Waals surface area contributed by atoms with Crippen molar-refractivity contribution in [2.24, 2.45) is 0 Å². The van der Waals surface area contributed by atoms with E-state index in [-0.39, 0.29) is 17.9 Å². The fourth-order valence-electron chi connectivity index (χ4n) is 2.36. The van der Waals surface area contributed by atoms with E-state index >= 15 is 0 Å². The summed E-state index contributed by atoms with van der Waals surface area (Å²) in [4.78, 5) is 26.0. The van der Waals surface area contributed by atoms with Gasteiger partial charge in [-0.3, -0.25) is 9.59 Å². The molecule has 1 atom stereocenters. The zero-order chi connectivity index (χ0) is 14.0. The first kappa shape index (κ1) is 13.9. The minimum Gasteiger partial charge on any atom is -0.353 e. The van der Waals surface area contributed by atoms with E-state index in [4.69, 9.17) is 11.6 Å². The third kappa shape index (κ3) is 2.59. The van der Waals surface area contributed by atoms with Crippen molar-refractivity contribution in [2.75, 3.05) is 13.1 Å². The van der Waals surface area contributed by atoms with Gasteiger partial charge in [0.05, 0.1) is 0 Å². The number of carbonyl (C=O) groups is 2. The minimum atomic E-state index is -0.389. The number of carbonyl (C=O) groups excluding carboxylic acids is 2. The summed E-state index contributed by atoms with van der Waals surface area (Å²) in [5, 5.41) is 3.36. The van der Waals surface area contributed by atoms with E-state index in [1.165, 1.54) is 0 Å². The predicted octanol–water partition coefficient (Wildman–Crippen LogP) is 2.00. The van der Waals surface area contributed by atoms with Crippen molar-refractivity contribution in [3.8, 4) is 0 Å². The Hall–Kier alpha value is -1.55. The smallest absolute Gasteiger partial charge is 0.254 e. The summed E-state index contributed by atoms with van der Waals surface area (Å²) in [7, 11) is 0. The summed E-state index contributed by atoms with van der Waals surface area (Å²) >= 11 is 6.05. The standard InChI is InChI=1S/C14H17ClN2O2/c1-3-12-13(18)16-7-8-17(12)14(19)10-5-4-6-11(15)9(10)2/h4-6,12H,3,7-8H2,1-2H3,(H,16,18). The number of piperazine rings is 1. The Labute approximate surface area is 117 Å². The molecule has 2 rings (SSSR count). The summed E-state index contributed by atoms with van der Waals surface area (Å²) < 4.78 is 0. The second-order valence-electron chi connectivity index (χ2n) is 4.63. The van der Waals surface area contributed by atoms with Crippen LogP contribution in [0, 0.1) is 6.92 Å². The maximum absolute atomic E-state index is 12.6. The molecule has 0 saturated carbocycles. The second-order valence-corrected chi connectivity index (χ2v) is 5.03. The van der Waals surface area contributed by atoms with Crippen LogP contribution in [-0.2, 0) is 4.79 Å². The van der Waals surface area contributed by atoms with Crippen LogP contribution in [0.3, 0.4) is 0 Å². The van der Waals surface area contributed by atoms with E-state index in [2.05, 4.69) is 5.32 Å². The number of nitrogens with zero attached hydrogens (tertiary/aromatic N) is 1. The largest absolute Gasteiger partial charge is 0.353 e. The van der Waals surface area contributed by atoms with Gasteiger partial charge in [-0.05, 0) is 31.0 Å². The molecular weight excluding hydrogens is 264 g/mol. The Morgan fingerprint density at radius 2 is 2.26 bits per heavy atom. The Morgan fingerprint density at radius 1 is 1.53 bits per heavy atom. The van der Waals surface area contributed by atoms with Gasteiger partial charge < -0.3 is 10.2 Å². The van der Waals surface area contributed by atoms with Crippen LogP contribution in [0.5, 0.6) is 0 Å². The fourth-order valence-corrected chi connectivity index (χ4v) is 2.53. The van der Waals surface area contributed by atoms with Crippen LogP contribution >= 0.6 is 11.6 Å². The lowest BCUT2D eigenvalue weighted by Crippen LogP contribution is -2.57. The number of rotatable bonds is 2. The third-order valence-corrected chi connectivity index (χ3v) is 3.89. The number of hydrogen-bond donors (Lipinski definition) is 1. The molecule has 1 unspecified atom stereocenters. The Balaban J connectivity index is 2.32. The molecule has 0 aliphatic carbocycles. The average molecular weight is 281 g/mol. The molecule has 1 fully saturated rings. The van der Waals surface area contributed by atoms with Crippen LogP contribution in [-0.4, -0.2) is 35.8 Å². The lowest BCUT2D eigenvalue weighted by Gasteiger charge is -2.34. The first-order valence-electron chi connectivity index (χ1n) is 6.40. The van der Waals surface area contributed by atoms with E-state index < -0.39 is 0 Å². The number of halogens is 1. The highest BCUT2D eigenvalue weighted by Crippen LogP contribution is 2.22. The molecule has 1 aliphatic heterocycles. The minimum absolute atomic E-state index is 0.0817. The van der Waals surface area contributed by atoms with Gasteiger partial charge in [-0.2, -0.15) is 0 Å². The highest BCUT2D eigenvalue weighted by molar-refractivity contribution is 6.31. The average Bonchev–Trinajstić information content (AvgIpc) is 2.41. The lowest BCUT2D eigenvalue weighted by molar-refractivity contribution is -0.127. The molecular formula is C14H17ClN2O2. The van der Waals surface area contributed by atoms with Crippen molar-refractivity contribution < 1.29 is 9.59 Å². The Morgan fingerprint density at radius 3 is 2.95 bits per heavy atom. The van der Waals surface area contributed by atoms with Gasteiger partial charge in [0.1, 0.15) is 6.04 Å². The molecule has 4 nitrogen and oxygen atoms in total. The molecule has 1 saturated heterocycles. The van der Waals surface area contributed by atoms with Crippen molar-refractivity contribution >= 4 is 23.4 Å². The zero-order valence-corrected chi connectivity index (χ0v) is 11.8. The van der Waals surface area contributed by atoms with Gasteiger partial charge in [-0.1, -0.05) is 24.6 Å². The van der Waals surface area contributed by atoms with Crippen LogP contribution in [0.15, 0.2) is 18.2 Å². The molecule has 102 valence electrons. The van der Waals surface area contributed by atoms with Crippen molar-refractivity contribution in [3.05, 3.63) is 34.3 Å². The molecule has 1 aromatic rings. The van der Waals surface area contributed by atoms with E-state index in [1.54, 1.807) is 23.1 Å². The Bertz CT molecular complexity index is 516. The maximum atomic E-state index is 12.6. The summed E-state index contributed by atoms with van der Waals surface area (Å²) in [6, 6.07) is 4.88. The van der Waals surface area contributed by atoms with Gasteiger partial charge in [0.25, 0.3) is 5.91 Å². The topological polar surface area (TPSA) is 49.4 Å². The summed E-state index contributed by atoms with van der Waals surface area (Å²) in [5.74, 6) is -0.205. The monoisotopic (exact) mass is 280 g/mol.